The van der Waals surface area contributed by atoms with Crippen LogP contribution in [0, 0.1) is 0 Å². The Morgan fingerprint density at radius 3 is 1.96 bits per heavy atom. The predicted octanol–water partition coefficient (Wildman–Crippen LogP) is 4.83. The lowest BCUT2D eigenvalue weighted by atomic mass is 9.86. The molecule has 1 atom stereocenters. The van der Waals surface area contributed by atoms with Crippen LogP contribution in [0.1, 0.15) is 27.4 Å². The van der Waals surface area contributed by atoms with Gasteiger partial charge in [0.25, 0.3) is 0 Å². The van der Waals surface area contributed by atoms with Gasteiger partial charge in [-0.3, -0.25) is 9.59 Å². The Bertz CT molecular complexity index is 974. The molecule has 3 aromatic rings. The first-order chi connectivity index (χ1) is 13.6. The molecule has 0 saturated heterocycles. The van der Waals surface area contributed by atoms with Crippen molar-refractivity contribution < 1.29 is 19.4 Å². The molecule has 28 heavy (non-hydrogen) atoms. The normalized spacial score (nSPS) is 12.2. The second-order valence-electron chi connectivity index (χ2n) is 6.23. The third-order valence-electron chi connectivity index (χ3n) is 4.40. The van der Waals surface area contributed by atoms with Gasteiger partial charge < -0.3 is 9.84 Å². The predicted molar refractivity (Wildman–Crippen MR) is 109 cm³/mol. The lowest BCUT2D eigenvalue weighted by molar-refractivity contribution is -0.115. The van der Waals surface area contributed by atoms with Crippen molar-refractivity contribution >= 4 is 17.3 Å². The van der Waals surface area contributed by atoms with Crippen LogP contribution >= 0.6 is 0 Å². The molecule has 4 nitrogen and oxygen atoms in total. The number of carbonyl (C=O) groups is 2. The average molecular weight is 372 g/mol. The lowest BCUT2D eigenvalue weighted by Gasteiger charge is -2.14. The zero-order valence-electron chi connectivity index (χ0n) is 15.4. The number of Topliss-reactive ketones (excluding diaryl/α,β-unsaturated/α-hetero) is 1. The van der Waals surface area contributed by atoms with Crippen LogP contribution in [0.5, 0.6) is 5.75 Å². The second kappa shape index (κ2) is 8.82. The number of aliphatic hydroxyl groups is 1. The molecule has 3 rings (SSSR count). The molecule has 0 unspecified atom stereocenters. The van der Waals surface area contributed by atoms with Gasteiger partial charge >= 0.3 is 0 Å². The number of carbonyl (C=O) groups excluding carboxylic acids is 2. The molecule has 0 aromatic heterocycles. The molecule has 0 radical (unpaired) electrons. The minimum Gasteiger partial charge on any atom is -0.507 e. The van der Waals surface area contributed by atoms with Gasteiger partial charge in [0.15, 0.2) is 11.6 Å². The van der Waals surface area contributed by atoms with Gasteiger partial charge in [-0.2, -0.15) is 0 Å². The summed E-state index contributed by atoms with van der Waals surface area (Å²) >= 11 is 0. The molecule has 0 saturated carbocycles. The summed E-state index contributed by atoms with van der Waals surface area (Å²) in [5.41, 5.74) is 1.49. The van der Waals surface area contributed by atoms with Crippen LogP contribution in [0.15, 0.2) is 91.0 Å². The van der Waals surface area contributed by atoms with Crippen LogP contribution in [0.4, 0.5) is 0 Å². The number of hydrogen-bond donors (Lipinski definition) is 1. The topological polar surface area (TPSA) is 63.6 Å². The highest BCUT2D eigenvalue weighted by atomic mass is 16.5. The smallest absolute Gasteiger partial charge is 0.178 e. The minimum absolute atomic E-state index is 0.172. The van der Waals surface area contributed by atoms with Gasteiger partial charge in [0.1, 0.15) is 17.4 Å². The van der Waals surface area contributed by atoms with E-state index in [2.05, 4.69) is 0 Å². The quantitative estimate of drug-likeness (QED) is 0.279. The monoisotopic (exact) mass is 372 g/mol. The number of ether oxygens (including phenoxy) is 1. The average Bonchev–Trinajstić information content (AvgIpc) is 2.75. The molecule has 140 valence electrons. The summed E-state index contributed by atoms with van der Waals surface area (Å²) in [7, 11) is 1.55. The van der Waals surface area contributed by atoms with E-state index in [1.165, 1.54) is 0 Å². The summed E-state index contributed by atoms with van der Waals surface area (Å²) < 4.78 is 5.12. The molecule has 1 N–H and O–H groups in total. The lowest BCUT2D eigenvalue weighted by Crippen LogP contribution is -2.21. The fourth-order valence-electron chi connectivity index (χ4n) is 2.92. The van der Waals surface area contributed by atoms with Crippen molar-refractivity contribution in [2.75, 3.05) is 7.11 Å². The van der Waals surface area contributed by atoms with E-state index in [0.717, 1.165) is 6.08 Å². The van der Waals surface area contributed by atoms with E-state index in [4.69, 9.17) is 4.74 Å². The molecule has 0 aliphatic heterocycles. The Morgan fingerprint density at radius 2 is 1.39 bits per heavy atom. The van der Waals surface area contributed by atoms with Gasteiger partial charge in [0.05, 0.1) is 7.11 Å². The van der Waals surface area contributed by atoms with Crippen molar-refractivity contribution in [2.45, 2.75) is 5.92 Å². The molecule has 0 aliphatic carbocycles. The third kappa shape index (κ3) is 4.35. The summed E-state index contributed by atoms with van der Waals surface area (Å²) in [6.07, 6.45) is 1.12. The van der Waals surface area contributed by atoms with Crippen LogP contribution < -0.4 is 4.74 Å². The summed E-state index contributed by atoms with van der Waals surface area (Å²) in [4.78, 5) is 26.1. The molecule has 0 aliphatic rings. The first kappa shape index (κ1) is 19.1. The summed E-state index contributed by atoms with van der Waals surface area (Å²) in [6, 6.07) is 24.2. The number of allylic oxidation sites excluding steroid dienone is 1. The van der Waals surface area contributed by atoms with Gasteiger partial charge in [-0.1, -0.05) is 60.7 Å². The number of aliphatic hydroxyl groups excluding tert-OH is 1. The minimum atomic E-state index is -1.04. The number of benzene rings is 3. The van der Waals surface area contributed by atoms with Crippen molar-refractivity contribution in [3.8, 4) is 5.75 Å². The van der Waals surface area contributed by atoms with Crippen LogP contribution in [0.2, 0.25) is 0 Å². The Balaban J connectivity index is 1.97. The van der Waals surface area contributed by atoms with Crippen molar-refractivity contribution in [3.63, 3.8) is 0 Å². The van der Waals surface area contributed by atoms with Crippen molar-refractivity contribution in [1.29, 1.82) is 0 Å². The first-order valence-corrected chi connectivity index (χ1v) is 8.83. The van der Waals surface area contributed by atoms with E-state index in [-0.39, 0.29) is 11.5 Å². The van der Waals surface area contributed by atoms with Gasteiger partial charge in [0.2, 0.25) is 0 Å². The Morgan fingerprint density at radius 1 is 0.821 bits per heavy atom. The molecule has 0 spiro atoms. The zero-order chi connectivity index (χ0) is 19.9. The maximum Gasteiger partial charge on any atom is 0.178 e. The molecule has 0 amide bonds. The third-order valence-corrected chi connectivity index (χ3v) is 4.40. The van der Waals surface area contributed by atoms with E-state index in [9.17, 15) is 14.7 Å². The van der Waals surface area contributed by atoms with Crippen molar-refractivity contribution in [1.82, 2.24) is 0 Å². The summed E-state index contributed by atoms with van der Waals surface area (Å²) in [6.45, 7) is 0. The summed E-state index contributed by atoms with van der Waals surface area (Å²) in [5, 5.41) is 10.3. The Labute approximate surface area is 163 Å². The van der Waals surface area contributed by atoms with E-state index in [1.807, 2.05) is 12.1 Å². The molecule has 3 aromatic carbocycles. The Hall–Kier alpha value is -3.66. The standard InChI is InChI=1S/C24H20O4/c1-28-20-14-12-19(13-15-20)24(27)23(18-10-6-3-7-11-18)22(26)16-21(25)17-8-4-2-5-9-17/h2-16,23,25H,1H3/t23-/m0/s1. The molecule has 0 fully saturated rings. The van der Waals surface area contributed by atoms with Gasteiger partial charge in [-0.15, -0.1) is 0 Å². The van der Waals surface area contributed by atoms with Gasteiger partial charge in [-0.05, 0) is 29.8 Å². The molecular formula is C24H20O4. The van der Waals surface area contributed by atoms with Gasteiger partial charge in [0, 0.05) is 17.2 Å². The van der Waals surface area contributed by atoms with Crippen molar-refractivity contribution in [3.05, 3.63) is 108 Å². The first-order valence-electron chi connectivity index (χ1n) is 8.83. The molecular weight excluding hydrogens is 352 g/mol. The molecule has 0 bridgehead atoms. The second-order valence-corrected chi connectivity index (χ2v) is 6.23. The number of ketones is 2. The van der Waals surface area contributed by atoms with E-state index < -0.39 is 11.7 Å². The van der Waals surface area contributed by atoms with E-state index in [0.29, 0.717) is 22.4 Å². The number of rotatable bonds is 7. The van der Waals surface area contributed by atoms with E-state index in [1.54, 1.807) is 79.9 Å². The zero-order valence-corrected chi connectivity index (χ0v) is 15.4. The van der Waals surface area contributed by atoms with Crippen LogP contribution in [-0.4, -0.2) is 23.8 Å². The van der Waals surface area contributed by atoms with E-state index >= 15 is 0 Å². The van der Waals surface area contributed by atoms with Crippen LogP contribution in [0.3, 0.4) is 0 Å². The molecule has 0 heterocycles. The highest BCUT2D eigenvalue weighted by Gasteiger charge is 2.28. The number of hydrogen-bond acceptors (Lipinski definition) is 4. The van der Waals surface area contributed by atoms with Gasteiger partial charge in [-0.25, -0.2) is 0 Å². The van der Waals surface area contributed by atoms with Crippen LogP contribution in [0.25, 0.3) is 5.76 Å². The van der Waals surface area contributed by atoms with Crippen molar-refractivity contribution in [2.24, 2.45) is 0 Å². The largest absolute Gasteiger partial charge is 0.507 e. The fourth-order valence-corrected chi connectivity index (χ4v) is 2.92. The number of methoxy groups -OCH3 is 1. The fraction of sp³-hybridized carbons (Fsp3) is 0.0833. The Kier molecular flexibility index (Phi) is 6.02. The maximum atomic E-state index is 13.1. The highest BCUT2D eigenvalue weighted by molar-refractivity contribution is 6.19. The summed E-state index contributed by atoms with van der Waals surface area (Å²) in [5.74, 6) is -1.40. The van der Waals surface area contributed by atoms with Crippen LogP contribution in [-0.2, 0) is 4.79 Å². The molecule has 4 heteroatoms. The SMILES string of the molecule is COc1ccc(C(=O)[C@H](C(=O)C=C(O)c2ccccc2)c2ccccc2)cc1. The maximum absolute atomic E-state index is 13.1. The highest BCUT2D eigenvalue weighted by Crippen LogP contribution is 2.25.